The van der Waals surface area contributed by atoms with Gasteiger partial charge in [0, 0.05) is 54.7 Å². The van der Waals surface area contributed by atoms with Gasteiger partial charge in [-0.25, -0.2) is 0 Å². The quantitative estimate of drug-likeness (QED) is 0.626. The number of likely N-dealkylation sites (tertiary alicyclic amines) is 1. The van der Waals surface area contributed by atoms with Crippen LogP contribution in [0, 0.1) is 10.1 Å². The minimum atomic E-state index is -0.797. The number of rotatable bonds is 4. The highest BCUT2D eigenvalue weighted by Crippen LogP contribution is 2.41. The summed E-state index contributed by atoms with van der Waals surface area (Å²) in [6, 6.07) is 8.50. The summed E-state index contributed by atoms with van der Waals surface area (Å²) in [5, 5.41) is 20.3. The highest BCUT2D eigenvalue weighted by atomic mass is 16.6. The van der Waals surface area contributed by atoms with Gasteiger partial charge in [0.1, 0.15) is 12.4 Å². The molecule has 0 radical (unpaired) electrons. The fraction of sp³-hybridized carbons (Fsp3) is 0.333. The van der Waals surface area contributed by atoms with E-state index in [2.05, 4.69) is 9.88 Å². The number of hydrogen-bond acceptors (Lipinski definition) is 6. The Bertz CT molecular complexity index is 992. The van der Waals surface area contributed by atoms with Crippen molar-refractivity contribution in [2.75, 3.05) is 19.6 Å². The number of ether oxygens (including phenoxy) is 1. The Labute approximate surface area is 167 Å². The highest BCUT2D eigenvalue weighted by Gasteiger charge is 2.27. The zero-order valence-corrected chi connectivity index (χ0v) is 15.8. The maximum absolute atomic E-state index is 11.3. The molecule has 4 rings (SSSR count). The topological polar surface area (TPSA) is 106 Å². The number of aromatic nitrogens is 1. The second-order valence-electron chi connectivity index (χ2n) is 7.20. The number of non-ortho nitro benzene ring substituents is 1. The lowest BCUT2D eigenvalue weighted by atomic mass is 9.89. The Morgan fingerprint density at radius 1 is 1.28 bits per heavy atom. The summed E-state index contributed by atoms with van der Waals surface area (Å²) < 4.78 is 5.94. The Hall–Kier alpha value is -3.26. The summed E-state index contributed by atoms with van der Waals surface area (Å²) in [6.45, 7) is 2.38. The van der Waals surface area contributed by atoms with Crippen molar-refractivity contribution in [1.82, 2.24) is 9.88 Å². The molecule has 1 aromatic heterocycles. The van der Waals surface area contributed by atoms with Gasteiger partial charge in [0.25, 0.3) is 5.69 Å². The molecule has 0 atom stereocenters. The zero-order chi connectivity index (χ0) is 20.4. The van der Waals surface area contributed by atoms with Crippen LogP contribution in [0.25, 0.3) is 5.57 Å². The molecule has 0 unspecified atom stereocenters. The SMILES string of the molecule is O=C(O)CCN1CCC(=C2c3cc([N+](=O)[O-])ccc3OCc3cccnc32)CC1. The molecule has 2 aromatic rings. The van der Waals surface area contributed by atoms with Gasteiger partial charge >= 0.3 is 5.97 Å². The van der Waals surface area contributed by atoms with Crippen molar-refractivity contribution in [2.24, 2.45) is 0 Å². The molecular weight excluding hydrogens is 374 g/mol. The first-order valence-electron chi connectivity index (χ1n) is 9.55. The summed E-state index contributed by atoms with van der Waals surface area (Å²) in [4.78, 5) is 28.5. The molecular formula is C21H21N3O5. The zero-order valence-electron chi connectivity index (χ0n) is 15.8. The van der Waals surface area contributed by atoms with Gasteiger partial charge in [0.2, 0.25) is 0 Å². The first kappa shape index (κ1) is 19.1. The lowest BCUT2D eigenvalue weighted by Gasteiger charge is -2.29. The van der Waals surface area contributed by atoms with Crippen LogP contribution < -0.4 is 4.74 Å². The van der Waals surface area contributed by atoms with E-state index in [9.17, 15) is 14.9 Å². The molecule has 1 aromatic carbocycles. The second-order valence-corrected chi connectivity index (χ2v) is 7.20. The Morgan fingerprint density at radius 3 is 2.79 bits per heavy atom. The van der Waals surface area contributed by atoms with Gasteiger partial charge in [-0.15, -0.1) is 0 Å². The summed E-state index contributed by atoms with van der Waals surface area (Å²) in [7, 11) is 0. The highest BCUT2D eigenvalue weighted by molar-refractivity contribution is 5.86. The monoisotopic (exact) mass is 395 g/mol. The number of piperidine rings is 1. The van der Waals surface area contributed by atoms with E-state index in [-0.39, 0.29) is 12.1 Å². The summed E-state index contributed by atoms with van der Waals surface area (Å²) in [5.41, 5.74) is 4.55. The Kier molecular flexibility index (Phi) is 5.26. The van der Waals surface area contributed by atoms with Crippen molar-refractivity contribution in [3.05, 3.63) is 69.0 Å². The molecule has 2 aliphatic heterocycles. The number of hydrogen-bond donors (Lipinski definition) is 1. The van der Waals surface area contributed by atoms with Crippen LogP contribution in [0.2, 0.25) is 0 Å². The molecule has 0 amide bonds. The molecule has 3 heterocycles. The maximum atomic E-state index is 11.3. The fourth-order valence-electron chi connectivity index (χ4n) is 3.92. The molecule has 1 N–H and O–H groups in total. The van der Waals surface area contributed by atoms with Gasteiger partial charge in [-0.05, 0) is 25.0 Å². The minimum absolute atomic E-state index is 0.0173. The molecule has 0 aliphatic carbocycles. The van der Waals surface area contributed by atoms with Crippen molar-refractivity contribution in [2.45, 2.75) is 25.9 Å². The molecule has 150 valence electrons. The van der Waals surface area contributed by atoms with Crippen molar-refractivity contribution >= 4 is 17.2 Å². The lowest BCUT2D eigenvalue weighted by molar-refractivity contribution is -0.384. The number of nitro groups is 1. The molecule has 1 saturated heterocycles. The van der Waals surface area contributed by atoms with E-state index in [4.69, 9.17) is 9.84 Å². The van der Waals surface area contributed by atoms with Crippen LogP contribution in [0.4, 0.5) is 5.69 Å². The van der Waals surface area contributed by atoms with Gasteiger partial charge in [-0.2, -0.15) is 0 Å². The summed E-state index contributed by atoms with van der Waals surface area (Å²) in [5.74, 6) is -0.182. The number of nitro benzene ring substituents is 1. The molecule has 2 aliphatic rings. The number of fused-ring (bicyclic) bond motifs is 2. The van der Waals surface area contributed by atoms with Crippen LogP contribution in [-0.4, -0.2) is 45.5 Å². The van der Waals surface area contributed by atoms with E-state index in [1.165, 1.54) is 11.6 Å². The molecule has 8 nitrogen and oxygen atoms in total. The van der Waals surface area contributed by atoms with Crippen LogP contribution in [0.1, 0.15) is 36.1 Å². The molecule has 0 saturated carbocycles. The number of carboxylic acid groups (broad SMARTS) is 1. The first-order valence-corrected chi connectivity index (χ1v) is 9.55. The number of aliphatic carboxylic acids is 1. The number of nitrogens with zero attached hydrogens (tertiary/aromatic N) is 3. The molecule has 0 bridgehead atoms. The van der Waals surface area contributed by atoms with Crippen molar-refractivity contribution < 1.29 is 19.6 Å². The van der Waals surface area contributed by atoms with Gasteiger partial charge < -0.3 is 14.7 Å². The number of carboxylic acids is 1. The van der Waals surface area contributed by atoms with Crippen molar-refractivity contribution in [1.29, 1.82) is 0 Å². The Morgan fingerprint density at radius 2 is 2.07 bits per heavy atom. The van der Waals surface area contributed by atoms with E-state index in [1.807, 2.05) is 12.1 Å². The average molecular weight is 395 g/mol. The Balaban J connectivity index is 1.76. The predicted molar refractivity (Wildman–Crippen MR) is 106 cm³/mol. The largest absolute Gasteiger partial charge is 0.488 e. The van der Waals surface area contributed by atoms with Gasteiger partial charge in [-0.1, -0.05) is 11.6 Å². The van der Waals surface area contributed by atoms with E-state index in [0.717, 1.165) is 42.8 Å². The third kappa shape index (κ3) is 3.97. The van der Waals surface area contributed by atoms with Gasteiger partial charge in [0.05, 0.1) is 17.0 Å². The fourth-order valence-corrected chi connectivity index (χ4v) is 3.92. The van der Waals surface area contributed by atoms with E-state index < -0.39 is 10.9 Å². The van der Waals surface area contributed by atoms with E-state index in [1.54, 1.807) is 18.3 Å². The molecule has 29 heavy (non-hydrogen) atoms. The van der Waals surface area contributed by atoms with Crippen LogP contribution in [0.3, 0.4) is 0 Å². The molecule has 1 fully saturated rings. The second kappa shape index (κ2) is 8.00. The lowest BCUT2D eigenvalue weighted by Crippen LogP contribution is -2.33. The summed E-state index contributed by atoms with van der Waals surface area (Å²) in [6.07, 6.45) is 3.36. The number of benzene rings is 1. The third-order valence-corrected chi connectivity index (χ3v) is 5.41. The third-order valence-electron chi connectivity index (χ3n) is 5.41. The standard InChI is InChI=1S/C21H21N3O5/c25-19(26)7-11-23-9-5-14(6-10-23)20-17-12-16(24(27)28)3-4-18(17)29-13-15-2-1-8-22-21(15)20/h1-4,8,12H,5-7,9-11,13H2,(H,25,26). The molecule has 8 heteroatoms. The van der Waals surface area contributed by atoms with Crippen LogP contribution in [0.15, 0.2) is 42.1 Å². The first-order chi connectivity index (χ1) is 14.0. The number of pyridine rings is 1. The van der Waals surface area contributed by atoms with Crippen LogP contribution >= 0.6 is 0 Å². The van der Waals surface area contributed by atoms with Gasteiger partial charge in [-0.3, -0.25) is 19.9 Å². The summed E-state index contributed by atoms with van der Waals surface area (Å²) >= 11 is 0. The van der Waals surface area contributed by atoms with Crippen LogP contribution in [-0.2, 0) is 11.4 Å². The molecule has 0 spiro atoms. The van der Waals surface area contributed by atoms with Crippen LogP contribution in [0.5, 0.6) is 5.75 Å². The average Bonchev–Trinajstić information content (AvgIpc) is 2.89. The van der Waals surface area contributed by atoms with Crippen molar-refractivity contribution in [3.63, 3.8) is 0 Å². The predicted octanol–water partition coefficient (Wildman–Crippen LogP) is 3.25. The minimum Gasteiger partial charge on any atom is -0.488 e. The smallest absolute Gasteiger partial charge is 0.304 e. The van der Waals surface area contributed by atoms with E-state index in [0.29, 0.717) is 24.5 Å². The van der Waals surface area contributed by atoms with E-state index >= 15 is 0 Å². The van der Waals surface area contributed by atoms with Gasteiger partial charge in [0.15, 0.2) is 0 Å². The number of carbonyl (C=O) groups is 1. The maximum Gasteiger partial charge on any atom is 0.304 e. The normalized spacial score (nSPS) is 16.4. The van der Waals surface area contributed by atoms with Crippen molar-refractivity contribution in [3.8, 4) is 5.75 Å².